The van der Waals surface area contributed by atoms with E-state index < -0.39 is 5.97 Å². The van der Waals surface area contributed by atoms with Crippen LogP contribution in [0.1, 0.15) is 6.92 Å². The van der Waals surface area contributed by atoms with E-state index in [0.29, 0.717) is 33.8 Å². The Bertz CT molecular complexity index is 1210. The van der Waals surface area contributed by atoms with Gasteiger partial charge in [0, 0.05) is 13.0 Å². The first-order valence-electron chi connectivity index (χ1n) is 8.68. The second-order valence-corrected chi connectivity index (χ2v) is 6.14. The molecule has 0 aliphatic rings. The van der Waals surface area contributed by atoms with E-state index in [2.05, 4.69) is 0 Å². The fraction of sp³-hybridized carbons (Fsp3) is 0.0435. The number of esters is 1. The number of hydrogen-bond donors (Lipinski definition) is 0. The van der Waals surface area contributed by atoms with E-state index in [1.54, 1.807) is 42.5 Å². The van der Waals surface area contributed by atoms with Gasteiger partial charge in [-0.2, -0.15) is 0 Å². The van der Waals surface area contributed by atoms with E-state index in [4.69, 9.17) is 13.9 Å². The summed E-state index contributed by atoms with van der Waals surface area (Å²) in [5.41, 5.74) is 1.60. The molecule has 4 aromatic rings. The van der Waals surface area contributed by atoms with Gasteiger partial charge in [-0.25, -0.2) is 0 Å². The maximum Gasteiger partial charge on any atom is 0.308 e. The highest BCUT2D eigenvalue weighted by Gasteiger charge is 2.12. The highest BCUT2D eigenvalue weighted by molar-refractivity contribution is 5.82. The fourth-order valence-corrected chi connectivity index (χ4v) is 2.89. The number of hydrogen-bond acceptors (Lipinski definition) is 5. The summed E-state index contributed by atoms with van der Waals surface area (Å²) in [6.45, 7) is 1.33. The Labute approximate surface area is 160 Å². The normalized spacial score (nSPS) is 10.6. The van der Waals surface area contributed by atoms with Gasteiger partial charge in [0.15, 0.2) is 16.9 Å². The molecular formula is C23H16O5. The average Bonchev–Trinajstić information content (AvgIpc) is 2.70. The molecule has 0 aliphatic heterocycles. The van der Waals surface area contributed by atoms with Crippen LogP contribution in [-0.4, -0.2) is 5.97 Å². The first kappa shape index (κ1) is 17.5. The van der Waals surface area contributed by atoms with Gasteiger partial charge in [0.05, 0.1) is 10.9 Å². The van der Waals surface area contributed by atoms with Crippen LogP contribution in [0.5, 0.6) is 17.2 Å². The smallest absolute Gasteiger partial charge is 0.308 e. The molecule has 5 nitrogen and oxygen atoms in total. The zero-order valence-electron chi connectivity index (χ0n) is 15.0. The summed E-state index contributed by atoms with van der Waals surface area (Å²) in [4.78, 5) is 24.1. The lowest BCUT2D eigenvalue weighted by molar-refractivity contribution is -0.131. The van der Waals surface area contributed by atoms with E-state index in [1.807, 2.05) is 30.3 Å². The Hall–Kier alpha value is -3.86. The molecule has 0 bridgehead atoms. The van der Waals surface area contributed by atoms with Gasteiger partial charge in [0.2, 0.25) is 0 Å². The molecule has 0 saturated heterocycles. The van der Waals surface area contributed by atoms with Crippen molar-refractivity contribution in [3.8, 4) is 28.4 Å². The number of carbonyl (C=O) groups is 1. The first-order chi connectivity index (χ1) is 13.6. The SMILES string of the molecule is CC(=O)Oc1ccccc1Oc1ccc2c(=O)c(-c3ccccc3)coc2c1. The van der Waals surface area contributed by atoms with Gasteiger partial charge in [0.25, 0.3) is 0 Å². The minimum Gasteiger partial charge on any atom is -0.463 e. The van der Waals surface area contributed by atoms with Crippen molar-refractivity contribution in [2.24, 2.45) is 0 Å². The van der Waals surface area contributed by atoms with Gasteiger partial charge in [-0.1, -0.05) is 42.5 Å². The highest BCUT2D eigenvalue weighted by atomic mass is 16.6. The van der Waals surface area contributed by atoms with Crippen LogP contribution in [0.4, 0.5) is 0 Å². The van der Waals surface area contributed by atoms with Crippen molar-refractivity contribution in [3.05, 3.63) is 89.3 Å². The number of rotatable bonds is 4. The minimum absolute atomic E-state index is 0.112. The molecule has 3 aromatic carbocycles. The molecule has 0 aliphatic carbocycles. The number of benzene rings is 3. The third-order valence-electron chi connectivity index (χ3n) is 4.16. The predicted octanol–water partition coefficient (Wildman–Crippen LogP) is 5.18. The van der Waals surface area contributed by atoms with Gasteiger partial charge < -0.3 is 13.9 Å². The highest BCUT2D eigenvalue weighted by Crippen LogP contribution is 2.32. The maximum absolute atomic E-state index is 12.8. The Kier molecular flexibility index (Phi) is 4.64. The van der Waals surface area contributed by atoms with Gasteiger partial charge in [-0.05, 0) is 29.8 Å². The Morgan fingerprint density at radius 1 is 0.893 bits per heavy atom. The van der Waals surface area contributed by atoms with Crippen LogP contribution < -0.4 is 14.9 Å². The van der Waals surface area contributed by atoms with Crippen LogP contribution in [-0.2, 0) is 4.79 Å². The van der Waals surface area contributed by atoms with E-state index in [0.717, 1.165) is 5.56 Å². The van der Waals surface area contributed by atoms with Gasteiger partial charge in [-0.3, -0.25) is 9.59 Å². The van der Waals surface area contributed by atoms with Crippen molar-refractivity contribution < 1.29 is 18.7 Å². The van der Waals surface area contributed by atoms with Crippen LogP contribution in [0, 0.1) is 0 Å². The molecule has 5 heteroatoms. The second kappa shape index (κ2) is 7.40. The van der Waals surface area contributed by atoms with Crippen LogP contribution in [0.25, 0.3) is 22.1 Å². The zero-order chi connectivity index (χ0) is 19.5. The Morgan fingerprint density at radius 2 is 1.61 bits per heavy atom. The molecule has 28 heavy (non-hydrogen) atoms. The van der Waals surface area contributed by atoms with Crippen molar-refractivity contribution in [1.29, 1.82) is 0 Å². The van der Waals surface area contributed by atoms with E-state index in [1.165, 1.54) is 13.2 Å². The largest absolute Gasteiger partial charge is 0.463 e. The fourth-order valence-electron chi connectivity index (χ4n) is 2.89. The standard InChI is InChI=1S/C23H16O5/c1-15(24)27-20-9-5-6-10-21(20)28-17-11-12-18-22(13-17)26-14-19(23(18)25)16-7-3-2-4-8-16/h2-14H,1H3. The third kappa shape index (κ3) is 3.50. The van der Waals surface area contributed by atoms with E-state index in [-0.39, 0.29) is 5.43 Å². The quantitative estimate of drug-likeness (QED) is 0.365. The lowest BCUT2D eigenvalue weighted by atomic mass is 10.1. The Morgan fingerprint density at radius 3 is 2.36 bits per heavy atom. The molecule has 138 valence electrons. The van der Waals surface area contributed by atoms with Crippen molar-refractivity contribution in [2.45, 2.75) is 6.92 Å². The molecule has 0 unspecified atom stereocenters. The van der Waals surface area contributed by atoms with E-state index in [9.17, 15) is 9.59 Å². The maximum atomic E-state index is 12.8. The van der Waals surface area contributed by atoms with Crippen molar-refractivity contribution >= 4 is 16.9 Å². The molecule has 1 aromatic heterocycles. The van der Waals surface area contributed by atoms with Gasteiger partial charge in [0.1, 0.15) is 17.6 Å². The molecule has 0 saturated carbocycles. The minimum atomic E-state index is -0.436. The lowest BCUT2D eigenvalue weighted by Gasteiger charge is -2.11. The number of carbonyl (C=O) groups excluding carboxylic acids is 1. The summed E-state index contributed by atoms with van der Waals surface area (Å²) < 4.78 is 16.7. The molecule has 0 fully saturated rings. The molecule has 4 rings (SSSR count). The number of ether oxygens (including phenoxy) is 2. The Balaban J connectivity index is 1.70. The summed E-state index contributed by atoms with van der Waals surface area (Å²) in [6.07, 6.45) is 1.45. The van der Waals surface area contributed by atoms with Crippen molar-refractivity contribution in [2.75, 3.05) is 0 Å². The molecule has 0 spiro atoms. The lowest BCUT2D eigenvalue weighted by Crippen LogP contribution is -2.05. The zero-order valence-corrected chi connectivity index (χ0v) is 15.0. The predicted molar refractivity (Wildman–Crippen MR) is 106 cm³/mol. The van der Waals surface area contributed by atoms with Crippen molar-refractivity contribution in [1.82, 2.24) is 0 Å². The first-order valence-corrected chi connectivity index (χ1v) is 8.68. The molecule has 0 radical (unpaired) electrons. The second-order valence-electron chi connectivity index (χ2n) is 6.14. The van der Waals surface area contributed by atoms with Gasteiger partial charge in [-0.15, -0.1) is 0 Å². The van der Waals surface area contributed by atoms with E-state index >= 15 is 0 Å². The molecular weight excluding hydrogens is 356 g/mol. The van der Waals surface area contributed by atoms with Gasteiger partial charge >= 0.3 is 5.97 Å². The number of para-hydroxylation sites is 2. The van der Waals surface area contributed by atoms with Crippen LogP contribution >= 0.6 is 0 Å². The van der Waals surface area contributed by atoms with Crippen LogP contribution in [0.3, 0.4) is 0 Å². The van der Waals surface area contributed by atoms with Crippen molar-refractivity contribution in [3.63, 3.8) is 0 Å². The summed E-state index contributed by atoms with van der Waals surface area (Å²) in [7, 11) is 0. The number of fused-ring (bicyclic) bond motifs is 1. The molecule has 0 amide bonds. The summed E-state index contributed by atoms with van der Waals surface area (Å²) in [6, 6.07) is 21.2. The van der Waals surface area contributed by atoms with Crippen LogP contribution in [0.2, 0.25) is 0 Å². The summed E-state index contributed by atoms with van der Waals surface area (Å²) in [5.74, 6) is 0.730. The summed E-state index contributed by atoms with van der Waals surface area (Å²) in [5, 5.41) is 0.460. The summed E-state index contributed by atoms with van der Waals surface area (Å²) >= 11 is 0. The monoisotopic (exact) mass is 372 g/mol. The molecule has 1 heterocycles. The third-order valence-corrected chi connectivity index (χ3v) is 4.16. The topological polar surface area (TPSA) is 65.7 Å². The van der Waals surface area contributed by atoms with Crippen LogP contribution in [0.15, 0.2) is 88.3 Å². The molecule has 0 N–H and O–H groups in total. The molecule has 0 atom stereocenters. The average molecular weight is 372 g/mol.